The SMILES string of the molecule is c1ccc(-c2ccc(N(c3ccc4oc5ccccc5c4c3)c3cc4c5cccc(-c6ccccc6)c5oc4c4ccccc34)cc2)cc1. The van der Waals surface area contributed by atoms with E-state index in [-0.39, 0.29) is 0 Å². The van der Waals surface area contributed by atoms with E-state index in [4.69, 9.17) is 8.83 Å². The summed E-state index contributed by atoms with van der Waals surface area (Å²) >= 11 is 0. The molecular weight excluding hydrogens is 599 g/mol. The van der Waals surface area contributed by atoms with Crippen molar-refractivity contribution in [3.8, 4) is 22.3 Å². The molecule has 8 aromatic carbocycles. The first-order chi connectivity index (χ1) is 24.3. The summed E-state index contributed by atoms with van der Waals surface area (Å²) < 4.78 is 13.1. The van der Waals surface area contributed by atoms with Crippen LogP contribution in [0.4, 0.5) is 17.1 Å². The number of rotatable bonds is 5. The van der Waals surface area contributed by atoms with Gasteiger partial charge in [-0.05, 0) is 59.2 Å². The Morgan fingerprint density at radius 2 is 0.918 bits per heavy atom. The van der Waals surface area contributed by atoms with Crippen molar-refractivity contribution in [2.75, 3.05) is 4.90 Å². The second kappa shape index (κ2) is 11.0. The van der Waals surface area contributed by atoms with Crippen LogP contribution in [0.2, 0.25) is 0 Å². The molecule has 0 spiro atoms. The molecule has 0 N–H and O–H groups in total. The highest BCUT2D eigenvalue weighted by atomic mass is 16.3. The molecule has 2 heterocycles. The standard InChI is InChI=1S/C46H29NO2/c1-3-12-30(13-4-1)31-22-24-33(25-23-31)47(34-26-27-44-40(28-34)37-17-9-10-21-43(37)48-44)42-29-41-39-20-11-19-35(32-14-5-2-6-15-32)45(39)49-46(41)38-18-8-7-16-36(38)42/h1-29H. The van der Waals surface area contributed by atoms with E-state index in [0.717, 1.165) is 82.8 Å². The van der Waals surface area contributed by atoms with Gasteiger partial charge in [0, 0.05) is 49.3 Å². The van der Waals surface area contributed by atoms with Crippen molar-refractivity contribution >= 4 is 71.7 Å². The summed E-state index contributed by atoms with van der Waals surface area (Å²) in [7, 11) is 0. The Labute approximate surface area is 282 Å². The van der Waals surface area contributed by atoms with Gasteiger partial charge in [0.1, 0.15) is 22.3 Å². The minimum atomic E-state index is 0.874. The van der Waals surface area contributed by atoms with Gasteiger partial charge in [-0.15, -0.1) is 0 Å². The Hall–Kier alpha value is -6.58. The van der Waals surface area contributed by atoms with E-state index in [1.165, 1.54) is 11.1 Å². The highest BCUT2D eigenvalue weighted by Crippen LogP contribution is 2.47. The molecule has 0 atom stereocenters. The molecule has 3 nitrogen and oxygen atoms in total. The van der Waals surface area contributed by atoms with Crippen LogP contribution in [0, 0.1) is 0 Å². The van der Waals surface area contributed by atoms with Gasteiger partial charge in [-0.3, -0.25) is 0 Å². The summed E-state index contributed by atoms with van der Waals surface area (Å²) in [5.41, 5.74) is 11.3. The maximum absolute atomic E-state index is 6.83. The van der Waals surface area contributed by atoms with E-state index in [9.17, 15) is 0 Å². The van der Waals surface area contributed by atoms with Crippen LogP contribution in [0.3, 0.4) is 0 Å². The lowest BCUT2D eigenvalue weighted by atomic mass is 9.99. The molecule has 0 radical (unpaired) electrons. The number of hydrogen-bond donors (Lipinski definition) is 0. The lowest BCUT2D eigenvalue weighted by Gasteiger charge is -2.27. The Morgan fingerprint density at radius 3 is 1.71 bits per heavy atom. The molecule has 0 unspecified atom stereocenters. The van der Waals surface area contributed by atoms with Crippen LogP contribution in [0.15, 0.2) is 185 Å². The van der Waals surface area contributed by atoms with Crippen LogP contribution in [-0.2, 0) is 0 Å². The van der Waals surface area contributed by atoms with Crippen molar-refractivity contribution in [2.45, 2.75) is 0 Å². The zero-order chi connectivity index (χ0) is 32.3. The fourth-order valence-corrected chi connectivity index (χ4v) is 7.34. The maximum Gasteiger partial charge on any atom is 0.143 e. The number of nitrogens with zero attached hydrogens (tertiary/aromatic N) is 1. The highest BCUT2D eigenvalue weighted by Gasteiger charge is 2.22. The Balaban J connectivity index is 1.25. The minimum absolute atomic E-state index is 0.874. The first-order valence-electron chi connectivity index (χ1n) is 16.6. The molecule has 3 heteroatoms. The van der Waals surface area contributed by atoms with E-state index < -0.39 is 0 Å². The zero-order valence-electron chi connectivity index (χ0n) is 26.5. The molecule has 10 rings (SSSR count). The van der Waals surface area contributed by atoms with Gasteiger partial charge in [0.2, 0.25) is 0 Å². The molecule has 2 aromatic heterocycles. The van der Waals surface area contributed by atoms with Crippen LogP contribution >= 0.6 is 0 Å². The van der Waals surface area contributed by atoms with Crippen LogP contribution in [0.1, 0.15) is 0 Å². The Bertz CT molecular complexity index is 2810. The van der Waals surface area contributed by atoms with Gasteiger partial charge < -0.3 is 13.7 Å². The molecular formula is C46H29NO2. The second-order valence-electron chi connectivity index (χ2n) is 12.5. The van der Waals surface area contributed by atoms with Crippen molar-refractivity contribution in [3.63, 3.8) is 0 Å². The molecule has 49 heavy (non-hydrogen) atoms. The predicted octanol–water partition coefficient (Wildman–Crippen LogP) is 13.4. The fourth-order valence-electron chi connectivity index (χ4n) is 7.34. The summed E-state index contributed by atoms with van der Waals surface area (Å²) in [6.45, 7) is 0. The molecule has 0 bridgehead atoms. The number of furan rings is 2. The van der Waals surface area contributed by atoms with Gasteiger partial charge in [0.15, 0.2) is 0 Å². The van der Waals surface area contributed by atoms with Crippen LogP contribution in [-0.4, -0.2) is 0 Å². The normalized spacial score (nSPS) is 11.7. The van der Waals surface area contributed by atoms with Crippen molar-refractivity contribution in [2.24, 2.45) is 0 Å². The monoisotopic (exact) mass is 627 g/mol. The molecule has 0 saturated heterocycles. The summed E-state index contributed by atoms with van der Waals surface area (Å²) in [6, 6.07) is 62.0. The number of anilines is 3. The number of fused-ring (bicyclic) bond motifs is 8. The van der Waals surface area contributed by atoms with Gasteiger partial charge in [-0.2, -0.15) is 0 Å². The topological polar surface area (TPSA) is 29.5 Å². The van der Waals surface area contributed by atoms with Crippen LogP contribution in [0.5, 0.6) is 0 Å². The van der Waals surface area contributed by atoms with Gasteiger partial charge >= 0.3 is 0 Å². The quantitative estimate of drug-likeness (QED) is 0.190. The van der Waals surface area contributed by atoms with E-state index >= 15 is 0 Å². The number of hydrogen-bond acceptors (Lipinski definition) is 3. The first kappa shape index (κ1) is 27.5. The van der Waals surface area contributed by atoms with Gasteiger partial charge in [-0.1, -0.05) is 133 Å². The van der Waals surface area contributed by atoms with Crippen LogP contribution < -0.4 is 4.90 Å². The van der Waals surface area contributed by atoms with Crippen molar-refractivity contribution < 1.29 is 8.83 Å². The van der Waals surface area contributed by atoms with Gasteiger partial charge in [0.25, 0.3) is 0 Å². The summed E-state index contributed by atoms with van der Waals surface area (Å²) in [5.74, 6) is 0. The average Bonchev–Trinajstić information content (AvgIpc) is 3.74. The predicted molar refractivity (Wildman–Crippen MR) is 204 cm³/mol. The molecule has 230 valence electrons. The van der Waals surface area contributed by atoms with E-state index in [0.29, 0.717) is 0 Å². The molecule has 10 aromatic rings. The molecule has 0 aliphatic carbocycles. The third-order valence-electron chi connectivity index (χ3n) is 9.66. The highest BCUT2D eigenvalue weighted by molar-refractivity contribution is 6.21. The molecule has 0 amide bonds. The van der Waals surface area contributed by atoms with Gasteiger partial charge in [0.05, 0.1) is 5.69 Å². The van der Waals surface area contributed by atoms with Crippen LogP contribution in [0.25, 0.3) is 76.9 Å². The average molecular weight is 628 g/mol. The number of para-hydroxylation sites is 2. The van der Waals surface area contributed by atoms with Crippen molar-refractivity contribution in [3.05, 3.63) is 176 Å². The second-order valence-corrected chi connectivity index (χ2v) is 12.5. The van der Waals surface area contributed by atoms with Crippen molar-refractivity contribution in [1.29, 1.82) is 0 Å². The van der Waals surface area contributed by atoms with E-state index in [2.05, 4.69) is 163 Å². The molecule has 0 fully saturated rings. The van der Waals surface area contributed by atoms with Crippen molar-refractivity contribution in [1.82, 2.24) is 0 Å². The summed E-state index contributed by atoms with van der Waals surface area (Å²) in [6.07, 6.45) is 0. The third kappa shape index (κ3) is 4.44. The Kier molecular flexibility index (Phi) is 6.18. The maximum atomic E-state index is 6.83. The largest absolute Gasteiger partial charge is 0.456 e. The summed E-state index contributed by atoms with van der Waals surface area (Å²) in [5, 5.41) is 6.56. The lowest BCUT2D eigenvalue weighted by Crippen LogP contribution is -2.10. The number of benzene rings is 8. The fraction of sp³-hybridized carbons (Fsp3) is 0. The van der Waals surface area contributed by atoms with Gasteiger partial charge in [-0.25, -0.2) is 0 Å². The Morgan fingerprint density at radius 1 is 0.327 bits per heavy atom. The smallest absolute Gasteiger partial charge is 0.143 e. The minimum Gasteiger partial charge on any atom is -0.456 e. The summed E-state index contributed by atoms with van der Waals surface area (Å²) in [4.78, 5) is 2.37. The van der Waals surface area contributed by atoms with E-state index in [1.54, 1.807) is 0 Å². The third-order valence-corrected chi connectivity index (χ3v) is 9.66. The lowest BCUT2D eigenvalue weighted by molar-refractivity contribution is 0.669. The molecule has 0 aliphatic heterocycles. The first-order valence-corrected chi connectivity index (χ1v) is 16.6. The molecule has 0 saturated carbocycles. The van der Waals surface area contributed by atoms with E-state index in [1.807, 2.05) is 18.2 Å². The molecule has 0 aliphatic rings. The zero-order valence-corrected chi connectivity index (χ0v) is 26.5.